The Bertz CT molecular complexity index is 1110. The first-order valence-corrected chi connectivity index (χ1v) is 10.0. The average Bonchev–Trinajstić information content (AvgIpc) is 3.08. The van der Waals surface area contributed by atoms with E-state index in [0.717, 1.165) is 6.20 Å². The van der Waals surface area contributed by atoms with Gasteiger partial charge in [-0.3, -0.25) is 9.69 Å². The molecule has 0 bridgehead atoms. The fourth-order valence-corrected chi connectivity index (χ4v) is 3.40. The van der Waals surface area contributed by atoms with E-state index in [9.17, 15) is 44.7 Å². The van der Waals surface area contributed by atoms with Crippen molar-refractivity contribution in [2.24, 2.45) is 0 Å². The smallest absolute Gasteiger partial charge is 0.309 e. The van der Waals surface area contributed by atoms with Gasteiger partial charge in [-0.2, -0.15) is 26.3 Å². The third kappa shape index (κ3) is 5.77. The van der Waals surface area contributed by atoms with Crippen LogP contribution in [0.1, 0.15) is 24.5 Å². The number of hydrogen-bond donors (Lipinski definition) is 1. The van der Waals surface area contributed by atoms with Gasteiger partial charge < -0.3 is 10.2 Å². The fourth-order valence-electron chi connectivity index (χ4n) is 3.40. The molecule has 2 aromatic rings. The van der Waals surface area contributed by atoms with Crippen LogP contribution in [0, 0.1) is 5.82 Å². The minimum Gasteiger partial charge on any atom is -0.309 e. The van der Waals surface area contributed by atoms with Crippen LogP contribution in [0.4, 0.5) is 51.6 Å². The lowest BCUT2D eigenvalue weighted by Crippen LogP contribution is -2.44. The van der Waals surface area contributed by atoms with E-state index in [1.807, 2.05) is 0 Å². The van der Waals surface area contributed by atoms with Crippen LogP contribution in [0.5, 0.6) is 0 Å². The fraction of sp³-hybridized carbons (Fsp3) is 0.400. The molecule has 1 saturated heterocycles. The summed E-state index contributed by atoms with van der Waals surface area (Å²) in [4.78, 5) is 33.5. The maximum Gasteiger partial charge on any atom is 0.417 e. The summed E-state index contributed by atoms with van der Waals surface area (Å²) in [7, 11) is 0. The zero-order chi connectivity index (χ0) is 26.1. The van der Waals surface area contributed by atoms with Crippen molar-refractivity contribution < 1.29 is 44.7 Å². The van der Waals surface area contributed by atoms with Crippen LogP contribution in [0.15, 0.2) is 30.6 Å². The highest BCUT2D eigenvalue weighted by molar-refractivity contribution is 5.99. The summed E-state index contributed by atoms with van der Waals surface area (Å²) >= 11 is 0. The van der Waals surface area contributed by atoms with E-state index in [1.54, 1.807) is 0 Å². The quantitative estimate of drug-likeness (QED) is 0.573. The molecule has 1 aliphatic rings. The lowest BCUT2D eigenvalue weighted by atomic mass is 10.1. The molecular weight excluding hydrogens is 494 g/mol. The molecule has 0 aromatic carbocycles. The normalized spacial score (nSPS) is 17.6. The van der Waals surface area contributed by atoms with Crippen LogP contribution in [0.2, 0.25) is 0 Å². The maximum absolute atomic E-state index is 14.6. The molecule has 0 unspecified atom stereocenters. The minimum absolute atomic E-state index is 0.123. The zero-order valence-corrected chi connectivity index (χ0v) is 17.8. The molecule has 2 atom stereocenters. The average molecular weight is 511 g/mol. The number of nitrogens with one attached hydrogen (secondary N) is 1. The van der Waals surface area contributed by atoms with Crippen LogP contribution in [0.25, 0.3) is 0 Å². The Labute approximate surface area is 192 Å². The predicted molar refractivity (Wildman–Crippen MR) is 105 cm³/mol. The van der Waals surface area contributed by atoms with E-state index in [1.165, 1.54) is 6.92 Å². The number of carbonyl (C=O) groups is 2. The summed E-state index contributed by atoms with van der Waals surface area (Å²) in [5.41, 5.74) is -2.49. The number of aromatic nitrogens is 2. The third-order valence-electron chi connectivity index (χ3n) is 5.13. The van der Waals surface area contributed by atoms with Gasteiger partial charge in [0, 0.05) is 12.4 Å². The summed E-state index contributed by atoms with van der Waals surface area (Å²) in [6.45, 7) is 0.0539. The number of halogens is 8. The molecule has 1 N–H and O–H groups in total. The molecule has 0 spiro atoms. The van der Waals surface area contributed by atoms with E-state index < -0.39 is 78.2 Å². The second-order valence-corrected chi connectivity index (χ2v) is 7.52. The van der Waals surface area contributed by atoms with Crippen molar-refractivity contribution in [2.75, 3.05) is 23.3 Å². The number of urea groups is 1. The standard InChI is InChI=1S/C20H17F8N5O2/c1-2-12(21)14-8-33(17-13(22)5-11(7-30-17)20(26,27)28)18(35)32(14)9-16(34)31-15-6-10(3-4-29-15)19(23,24)25/h3-7,12,14H,2,8-9H2,1H3,(H,29,31,34)/t12-,14+/m0/s1. The minimum atomic E-state index is -4.89. The molecule has 1 aliphatic heterocycles. The monoisotopic (exact) mass is 511 g/mol. The lowest BCUT2D eigenvalue weighted by Gasteiger charge is -2.24. The van der Waals surface area contributed by atoms with Crippen LogP contribution >= 0.6 is 0 Å². The Morgan fingerprint density at radius 1 is 1.14 bits per heavy atom. The Balaban J connectivity index is 1.82. The van der Waals surface area contributed by atoms with Crippen molar-refractivity contribution in [3.8, 4) is 0 Å². The summed E-state index contributed by atoms with van der Waals surface area (Å²) < 4.78 is 106. The van der Waals surface area contributed by atoms with E-state index in [4.69, 9.17) is 0 Å². The van der Waals surface area contributed by atoms with Gasteiger partial charge in [0.2, 0.25) is 5.91 Å². The second kappa shape index (κ2) is 9.62. The number of amides is 3. The van der Waals surface area contributed by atoms with Gasteiger partial charge in [-0.25, -0.2) is 23.5 Å². The third-order valence-corrected chi connectivity index (χ3v) is 5.13. The SMILES string of the molecule is CC[C@H](F)[C@H]1CN(c2ncc(C(F)(F)F)cc2F)C(=O)N1CC(=O)Nc1cc(C(F)(F)F)ccn1. The molecule has 3 heterocycles. The number of pyridine rings is 2. The number of carbonyl (C=O) groups excluding carboxylic acids is 2. The summed E-state index contributed by atoms with van der Waals surface area (Å²) in [5.74, 6) is -3.79. The first kappa shape index (κ1) is 26.1. The van der Waals surface area contributed by atoms with Gasteiger partial charge in [0.05, 0.1) is 23.7 Å². The second-order valence-electron chi connectivity index (χ2n) is 7.52. The summed E-state index contributed by atoms with van der Waals surface area (Å²) in [6, 6.07) is -1.07. The molecule has 0 aliphatic carbocycles. The van der Waals surface area contributed by atoms with Crippen molar-refractivity contribution in [3.63, 3.8) is 0 Å². The van der Waals surface area contributed by atoms with Crippen molar-refractivity contribution >= 4 is 23.6 Å². The molecule has 2 aromatic heterocycles. The van der Waals surface area contributed by atoms with Crippen molar-refractivity contribution in [3.05, 3.63) is 47.5 Å². The molecule has 0 saturated carbocycles. The van der Waals surface area contributed by atoms with Gasteiger partial charge in [-0.05, 0) is 24.6 Å². The predicted octanol–water partition coefficient (Wildman–Crippen LogP) is 4.65. The van der Waals surface area contributed by atoms with Crippen LogP contribution in [0.3, 0.4) is 0 Å². The Kier molecular flexibility index (Phi) is 7.17. The maximum atomic E-state index is 14.6. The zero-order valence-electron chi connectivity index (χ0n) is 17.8. The van der Waals surface area contributed by atoms with Crippen LogP contribution in [-0.2, 0) is 17.1 Å². The Morgan fingerprint density at radius 2 is 1.80 bits per heavy atom. The van der Waals surface area contributed by atoms with E-state index >= 15 is 0 Å². The molecule has 3 rings (SSSR count). The highest BCUT2D eigenvalue weighted by atomic mass is 19.4. The van der Waals surface area contributed by atoms with Gasteiger partial charge in [0.1, 0.15) is 18.5 Å². The molecule has 15 heteroatoms. The van der Waals surface area contributed by atoms with Crippen molar-refractivity contribution in [1.82, 2.24) is 14.9 Å². The van der Waals surface area contributed by atoms with Crippen LogP contribution in [-0.4, -0.2) is 52.1 Å². The van der Waals surface area contributed by atoms with Gasteiger partial charge in [-0.1, -0.05) is 6.92 Å². The van der Waals surface area contributed by atoms with E-state index in [2.05, 4.69) is 15.3 Å². The van der Waals surface area contributed by atoms with Crippen molar-refractivity contribution in [1.29, 1.82) is 0 Å². The highest BCUT2D eigenvalue weighted by Gasteiger charge is 2.44. The number of anilines is 2. The Hall–Kier alpha value is -3.52. The van der Waals surface area contributed by atoms with Gasteiger partial charge in [0.15, 0.2) is 11.6 Å². The summed E-state index contributed by atoms with van der Waals surface area (Å²) in [5, 5.41) is 2.07. The molecule has 35 heavy (non-hydrogen) atoms. The van der Waals surface area contributed by atoms with Gasteiger partial charge in [-0.15, -0.1) is 0 Å². The topological polar surface area (TPSA) is 78.4 Å². The van der Waals surface area contributed by atoms with Crippen molar-refractivity contribution in [2.45, 2.75) is 37.9 Å². The molecule has 190 valence electrons. The number of hydrogen-bond acceptors (Lipinski definition) is 4. The highest BCUT2D eigenvalue weighted by Crippen LogP contribution is 2.33. The van der Waals surface area contributed by atoms with E-state index in [0.29, 0.717) is 28.1 Å². The van der Waals surface area contributed by atoms with Gasteiger partial charge >= 0.3 is 18.4 Å². The van der Waals surface area contributed by atoms with Crippen LogP contribution < -0.4 is 10.2 Å². The summed E-state index contributed by atoms with van der Waals surface area (Å²) in [6.07, 6.45) is -10.3. The molecular formula is C20H17F8N5O2. The molecule has 0 radical (unpaired) electrons. The number of nitrogens with zero attached hydrogens (tertiary/aromatic N) is 4. The molecule has 1 fully saturated rings. The number of alkyl halides is 7. The molecule has 7 nitrogen and oxygen atoms in total. The Morgan fingerprint density at radius 3 is 2.37 bits per heavy atom. The van der Waals surface area contributed by atoms with E-state index in [-0.39, 0.29) is 12.5 Å². The van der Waals surface area contributed by atoms with Gasteiger partial charge in [0.25, 0.3) is 0 Å². The largest absolute Gasteiger partial charge is 0.417 e. The lowest BCUT2D eigenvalue weighted by molar-refractivity contribution is -0.138. The first-order valence-electron chi connectivity index (χ1n) is 10.0. The number of rotatable bonds is 6. The molecule has 3 amide bonds. The first-order chi connectivity index (χ1) is 16.2.